The third-order valence-corrected chi connectivity index (χ3v) is 8.09. The molecular formula is C35H27BrFN3O4S. The number of thioether (sulfide) groups is 1. The zero-order chi connectivity index (χ0) is 31.8. The Labute approximate surface area is 272 Å². The van der Waals surface area contributed by atoms with E-state index in [1.54, 1.807) is 79.7 Å². The largest absolute Gasteiger partial charge is 0.457 e. The second-order valence-corrected chi connectivity index (χ2v) is 12.1. The van der Waals surface area contributed by atoms with Crippen molar-refractivity contribution in [1.82, 2.24) is 5.32 Å². The Morgan fingerprint density at radius 3 is 2.22 bits per heavy atom. The number of hydrogen-bond acceptors (Lipinski definition) is 5. The summed E-state index contributed by atoms with van der Waals surface area (Å²) < 4.78 is 20.7. The molecule has 226 valence electrons. The minimum atomic E-state index is -0.554. The summed E-state index contributed by atoms with van der Waals surface area (Å²) in [6, 6.07) is 32.9. The lowest BCUT2D eigenvalue weighted by atomic mass is 10.2. The molecule has 1 unspecified atom stereocenters. The van der Waals surface area contributed by atoms with E-state index < -0.39 is 22.9 Å². The maximum atomic E-state index is 14.1. The Morgan fingerprint density at radius 2 is 1.53 bits per heavy atom. The van der Waals surface area contributed by atoms with Crippen molar-refractivity contribution in [1.29, 1.82) is 0 Å². The van der Waals surface area contributed by atoms with Gasteiger partial charge in [0.15, 0.2) is 0 Å². The van der Waals surface area contributed by atoms with E-state index in [2.05, 4.69) is 31.9 Å². The summed E-state index contributed by atoms with van der Waals surface area (Å²) in [7, 11) is 0. The summed E-state index contributed by atoms with van der Waals surface area (Å²) >= 11 is 4.48. The first-order valence-electron chi connectivity index (χ1n) is 13.8. The fourth-order valence-corrected chi connectivity index (χ4v) is 5.37. The lowest BCUT2D eigenvalue weighted by Gasteiger charge is -2.14. The van der Waals surface area contributed by atoms with Crippen LogP contribution in [0.4, 0.5) is 15.8 Å². The van der Waals surface area contributed by atoms with Crippen LogP contribution in [0.1, 0.15) is 23.0 Å². The van der Waals surface area contributed by atoms with Gasteiger partial charge in [0.05, 0.1) is 10.9 Å². The van der Waals surface area contributed by atoms with Crippen molar-refractivity contribution in [2.45, 2.75) is 17.1 Å². The smallest absolute Gasteiger partial charge is 0.272 e. The van der Waals surface area contributed by atoms with Gasteiger partial charge in [-0.1, -0.05) is 64.5 Å². The predicted octanol–water partition coefficient (Wildman–Crippen LogP) is 8.38. The van der Waals surface area contributed by atoms with Crippen LogP contribution in [-0.4, -0.2) is 23.0 Å². The van der Waals surface area contributed by atoms with Crippen LogP contribution in [-0.2, 0) is 9.59 Å². The molecule has 1 atom stereocenters. The molecule has 0 aliphatic rings. The van der Waals surface area contributed by atoms with E-state index in [9.17, 15) is 18.8 Å². The molecule has 1 aromatic heterocycles. The van der Waals surface area contributed by atoms with Crippen LogP contribution in [0, 0.1) is 5.82 Å². The summed E-state index contributed by atoms with van der Waals surface area (Å²) in [5, 5.41) is 7.59. The zero-order valence-electron chi connectivity index (χ0n) is 23.9. The molecule has 0 bridgehead atoms. The molecule has 0 saturated heterocycles. The van der Waals surface area contributed by atoms with Crippen LogP contribution in [0.3, 0.4) is 0 Å². The lowest BCUT2D eigenvalue weighted by molar-refractivity contribution is -0.115. The molecule has 7 nitrogen and oxygen atoms in total. The molecule has 45 heavy (non-hydrogen) atoms. The molecular weight excluding hydrogens is 657 g/mol. The Kier molecular flexibility index (Phi) is 10.3. The van der Waals surface area contributed by atoms with Gasteiger partial charge in [-0.15, -0.1) is 11.8 Å². The average Bonchev–Trinajstić information content (AvgIpc) is 3.52. The number of rotatable bonds is 10. The van der Waals surface area contributed by atoms with E-state index in [0.29, 0.717) is 27.2 Å². The van der Waals surface area contributed by atoms with Crippen molar-refractivity contribution in [2.75, 3.05) is 10.6 Å². The molecule has 3 amide bonds. The highest BCUT2D eigenvalue weighted by atomic mass is 79.9. The fourth-order valence-electron chi connectivity index (χ4n) is 4.17. The minimum absolute atomic E-state index is 0.0123. The summed E-state index contributed by atoms with van der Waals surface area (Å²) in [4.78, 5) is 39.8. The molecule has 0 aliphatic carbocycles. The molecule has 10 heteroatoms. The van der Waals surface area contributed by atoms with Gasteiger partial charge in [0.2, 0.25) is 5.91 Å². The van der Waals surface area contributed by atoms with Crippen LogP contribution in [0.15, 0.2) is 135 Å². The van der Waals surface area contributed by atoms with Gasteiger partial charge < -0.3 is 20.4 Å². The topological polar surface area (TPSA) is 100 Å². The average molecular weight is 685 g/mol. The predicted molar refractivity (Wildman–Crippen MR) is 179 cm³/mol. The lowest BCUT2D eigenvalue weighted by Crippen LogP contribution is -2.30. The maximum Gasteiger partial charge on any atom is 0.272 e. The van der Waals surface area contributed by atoms with Crippen LogP contribution in [0.5, 0.6) is 0 Å². The molecule has 4 aromatic carbocycles. The molecule has 5 rings (SSSR count). The number of hydrogen-bond donors (Lipinski definition) is 3. The van der Waals surface area contributed by atoms with Gasteiger partial charge in [-0.2, -0.15) is 0 Å². The normalized spacial score (nSPS) is 11.8. The van der Waals surface area contributed by atoms with Gasteiger partial charge in [-0.3, -0.25) is 14.4 Å². The number of nitrogens with one attached hydrogen (secondary N) is 3. The van der Waals surface area contributed by atoms with Crippen LogP contribution in [0.25, 0.3) is 17.4 Å². The van der Waals surface area contributed by atoms with E-state index >= 15 is 0 Å². The van der Waals surface area contributed by atoms with Crippen molar-refractivity contribution in [3.63, 3.8) is 0 Å². The molecule has 5 aromatic rings. The van der Waals surface area contributed by atoms with E-state index in [1.807, 2.05) is 30.3 Å². The zero-order valence-corrected chi connectivity index (χ0v) is 26.3. The van der Waals surface area contributed by atoms with Gasteiger partial charge >= 0.3 is 0 Å². The van der Waals surface area contributed by atoms with E-state index in [1.165, 1.54) is 30.0 Å². The first kappa shape index (κ1) is 31.5. The Bertz CT molecular complexity index is 1840. The van der Waals surface area contributed by atoms with Crippen LogP contribution < -0.4 is 16.0 Å². The maximum absolute atomic E-state index is 14.1. The van der Waals surface area contributed by atoms with Crippen molar-refractivity contribution < 1.29 is 23.2 Å². The first-order chi connectivity index (χ1) is 21.7. The standard InChI is InChI=1S/C35H27BrFN3O4S/c1-22(33(41)39-30-18-12-25(36)20-29(30)37)45-28-16-13-26(14-17-28)38-35(43)31(40-34(42)24-10-6-3-7-11-24)21-27-15-19-32(44-27)23-8-4-2-5-9-23/h2-22H,1H3,(H,38,43)(H,39,41)(H,40,42)/b31-21+. The number of halogens is 2. The Hall–Kier alpha value is -4.93. The number of benzene rings is 4. The number of anilines is 2. The van der Waals surface area contributed by atoms with Gasteiger partial charge in [-0.05, 0) is 73.7 Å². The van der Waals surface area contributed by atoms with Crippen molar-refractivity contribution >= 4 is 62.9 Å². The highest BCUT2D eigenvalue weighted by molar-refractivity contribution is 9.10. The SMILES string of the molecule is CC(Sc1ccc(NC(=O)/C(=C\c2ccc(-c3ccccc3)o2)NC(=O)c2ccccc2)cc1)C(=O)Nc1ccc(Br)cc1F. The van der Waals surface area contributed by atoms with E-state index in [0.717, 1.165) is 10.5 Å². The number of furan rings is 1. The van der Waals surface area contributed by atoms with Crippen LogP contribution in [0.2, 0.25) is 0 Å². The third kappa shape index (κ3) is 8.59. The highest BCUT2D eigenvalue weighted by Crippen LogP contribution is 2.27. The van der Waals surface area contributed by atoms with E-state index in [-0.39, 0.29) is 17.3 Å². The minimum Gasteiger partial charge on any atom is -0.457 e. The molecule has 3 N–H and O–H groups in total. The second-order valence-electron chi connectivity index (χ2n) is 9.80. The molecule has 0 radical (unpaired) electrons. The number of carbonyl (C=O) groups is 3. The van der Waals surface area contributed by atoms with Crippen molar-refractivity contribution in [2.24, 2.45) is 0 Å². The molecule has 0 aliphatic heterocycles. The number of carbonyl (C=O) groups excluding carboxylic acids is 3. The Morgan fingerprint density at radius 1 is 0.844 bits per heavy atom. The summed E-state index contributed by atoms with van der Waals surface area (Å²) in [6.45, 7) is 1.72. The molecule has 0 fully saturated rings. The van der Waals surface area contributed by atoms with Gasteiger partial charge in [0.1, 0.15) is 23.0 Å². The second kappa shape index (κ2) is 14.7. The number of amides is 3. The first-order valence-corrected chi connectivity index (χ1v) is 15.5. The Balaban J connectivity index is 1.27. The molecule has 0 spiro atoms. The summed E-state index contributed by atoms with van der Waals surface area (Å²) in [5.41, 5.74) is 1.83. The molecule has 0 saturated carbocycles. The quantitative estimate of drug-likeness (QED) is 0.101. The fraction of sp³-hybridized carbons (Fsp3) is 0.0571. The van der Waals surface area contributed by atoms with Gasteiger partial charge in [-0.25, -0.2) is 4.39 Å². The van der Waals surface area contributed by atoms with Crippen molar-refractivity contribution in [3.8, 4) is 11.3 Å². The third-order valence-electron chi connectivity index (χ3n) is 6.48. The van der Waals surface area contributed by atoms with E-state index in [4.69, 9.17) is 4.42 Å². The van der Waals surface area contributed by atoms with Crippen LogP contribution >= 0.6 is 27.7 Å². The monoisotopic (exact) mass is 683 g/mol. The van der Waals surface area contributed by atoms with Gasteiger partial charge in [0.25, 0.3) is 11.8 Å². The van der Waals surface area contributed by atoms with Crippen molar-refractivity contribution in [3.05, 3.63) is 143 Å². The molecule has 1 heterocycles. The summed E-state index contributed by atoms with van der Waals surface area (Å²) in [5.74, 6) is -0.887. The van der Waals surface area contributed by atoms with Gasteiger partial charge in [0, 0.05) is 32.3 Å². The summed E-state index contributed by atoms with van der Waals surface area (Å²) in [6.07, 6.45) is 1.47. The highest BCUT2D eigenvalue weighted by Gasteiger charge is 2.18.